The summed E-state index contributed by atoms with van der Waals surface area (Å²) >= 11 is 0. The first kappa shape index (κ1) is 18.8. The van der Waals surface area contributed by atoms with Crippen molar-refractivity contribution in [2.45, 2.75) is 19.3 Å². The first-order chi connectivity index (χ1) is 15.1. The molecule has 5 rings (SSSR count). The Balaban J connectivity index is 1.27. The number of fused-ring (bicyclic) bond motifs is 1. The van der Waals surface area contributed by atoms with E-state index in [0.717, 1.165) is 10.5 Å². The molecule has 2 aliphatic heterocycles. The van der Waals surface area contributed by atoms with E-state index in [0.29, 0.717) is 29.5 Å². The molecular weight excluding hydrogens is 404 g/mol. The number of nitrogens with one attached hydrogen (secondary N) is 1. The molecule has 1 saturated heterocycles. The van der Waals surface area contributed by atoms with E-state index in [-0.39, 0.29) is 43.0 Å². The zero-order chi connectivity index (χ0) is 21.4. The van der Waals surface area contributed by atoms with Crippen LogP contribution < -0.4 is 19.7 Å². The van der Waals surface area contributed by atoms with Crippen molar-refractivity contribution in [1.29, 1.82) is 0 Å². The van der Waals surface area contributed by atoms with E-state index in [2.05, 4.69) is 15.5 Å². The van der Waals surface area contributed by atoms with Crippen molar-refractivity contribution in [3.63, 3.8) is 0 Å². The smallest absolute Gasteiger partial charge is 0.322 e. The van der Waals surface area contributed by atoms with Crippen LogP contribution in [0, 0.1) is 0 Å². The maximum absolute atomic E-state index is 12.6. The summed E-state index contributed by atoms with van der Waals surface area (Å²) in [6.45, 7) is 0.191. The highest BCUT2D eigenvalue weighted by molar-refractivity contribution is 6.20. The summed E-state index contributed by atoms with van der Waals surface area (Å²) in [6, 6.07) is 11.7. The van der Waals surface area contributed by atoms with Crippen molar-refractivity contribution >= 4 is 29.4 Å². The van der Waals surface area contributed by atoms with Gasteiger partial charge in [0.2, 0.25) is 24.5 Å². The maximum atomic E-state index is 12.6. The summed E-state index contributed by atoms with van der Waals surface area (Å²) in [5, 5.41) is 10.3. The van der Waals surface area contributed by atoms with E-state index in [1.165, 1.54) is 6.07 Å². The van der Waals surface area contributed by atoms with Gasteiger partial charge in [0.15, 0.2) is 11.5 Å². The molecule has 3 aromatic rings. The van der Waals surface area contributed by atoms with E-state index < -0.39 is 5.91 Å². The summed E-state index contributed by atoms with van der Waals surface area (Å²) in [5.41, 5.74) is 1.49. The van der Waals surface area contributed by atoms with Crippen LogP contribution in [0.15, 0.2) is 46.9 Å². The molecular formula is C21H16N4O6. The summed E-state index contributed by atoms with van der Waals surface area (Å²) < 4.78 is 16.2. The number of hydrogen-bond acceptors (Lipinski definition) is 8. The van der Waals surface area contributed by atoms with Gasteiger partial charge in [0.05, 0.1) is 12.1 Å². The standard InChI is InChI=1S/C21H16N4O6/c26-18-6-7-19(27)25(18)14-3-1-2-13(10-14)20(28)22-21-24-23-17(31-21)9-12-4-5-15-16(8-12)30-11-29-15/h1-5,8,10H,6-7,9,11H2,(H,22,24,28). The van der Waals surface area contributed by atoms with Crippen LogP contribution in [-0.2, 0) is 16.0 Å². The predicted molar refractivity (Wildman–Crippen MR) is 106 cm³/mol. The van der Waals surface area contributed by atoms with Crippen LogP contribution in [0.25, 0.3) is 0 Å². The van der Waals surface area contributed by atoms with Crippen molar-refractivity contribution in [1.82, 2.24) is 10.2 Å². The average Bonchev–Trinajstić information content (AvgIpc) is 3.49. The van der Waals surface area contributed by atoms with Crippen molar-refractivity contribution < 1.29 is 28.3 Å². The van der Waals surface area contributed by atoms with E-state index in [9.17, 15) is 14.4 Å². The maximum Gasteiger partial charge on any atom is 0.322 e. The highest BCUT2D eigenvalue weighted by Gasteiger charge is 2.30. The van der Waals surface area contributed by atoms with Gasteiger partial charge in [0.1, 0.15) is 0 Å². The van der Waals surface area contributed by atoms with Gasteiger partial charge in [-0.3, -0.25) is 24.6 Å². The number of benzene rings is 2. The molecule has 31 heavy (non-hydrogen) atoms. The van der Waals surface area contributed by atoms with Crippen LogP contribution >= 0.6 is 0 Å². The molecule has 1 N–H and O–H groups in total. The Morgan fingerprint density at radius 2 is 1.81 bits per heavy atom. The largest absolute Gasteiger partial charge is 0.454 e. The van der Waals surface area contributed by atoms with Gasteiger partial charge in [-0.05, 0) is 35.9 Å². The summed E-state index contributed by atoms with van der Waals surface area (Å²) in [4.78, 5) is 37.5. The molecule has 0 aliphatic carbocycles. The number of aromatic nitrogens is 2. The van der Waals surface area contributed by atoms with Crippen LogP contribution in [0.1, 0.15) is 34.7 Å². The van der Waals surface area contributed by atoms with Gasteiger partial charge in [0, 0.05) is 18.4 Å². The number of anilines is 2. The van der Waals surface area contributed by atoms with Gasteiger partial charge >= 0.3 is 6.01 Å². The second kappa shape index (κ2) is 7.56. The van der Waals surface area contributed by atoms with Gasteiger partial charge in [0.25, 0.3) is 5.91 Å². The molecule has 1 aromatic heterocycles. The Kier molecular flexibility index (Phi) is 4.58. The van der Waals surface area contributed by atoms with Crippen molar-refractivity contribution in [3.8, 4) is 11.5 Å². The molecule has 1 fully saturated rings. The van der Waals surface area contributed by atoms with Gasteiger partial charge in [-0.2, -0.15) is 0 Å². The summed E-state index contributed by atoms with van der Waals surface area (Å²) in [7, 11) is 0. The minimum atomic E-state index is -0.501. The third-order valence-electron chi connectivity index (χ3n) is 4.90. The summed E-state index contributed by atoms with van der Waals surface area (Å²) in [6.07, 6.45) is 0.695. The predicted octanol–water partition coefficient (Wildman–Crippen LogP) is 2.29. The molecule has 0 spiro atoms. The van der Waals surface area contributed by atoms with E-state index in [1.807, 2.05) is 12.1 Å². The Bertz CT molecular complexity index is 1190. The Morgan fingerprint density at radius 1 is 1.00 bits per heavy atom. The van der Waals surface area contributed by atoms with Gasteiger partial charge < -0.3 is 13.9 Å². The highest BCUT2D eigenvalue weighted by Crippen LogP contribution is 2.33. The quantitative estimate of drug-likeness (QED) is 0.624. The molecule has 3 amide bonds. The fourth-order valence-corrected chi connectivity index (χ4v) is 3.42. The molecule has 0 saturated carbocycles. The second-order valence-electron chi connectivity index (χ2n) is 6.99. The molecule has 156 valence electrons. The van der Waals surface area contributed by atoms with Gasteiger partial charge in [-0.15, -0.1) is 5.10 Å². The Hall–Kier alpha value is -4.21. The van der Waals surface area contributed by atoms with Crippen molar-refractivity contribution in [3.05, 3.63) is 59.5 Å². The van der Waals surface area contributed by atoms with Crippen LogP contribution in [0.4, 0.5) is 11.7 Å². The molecule has 0 radical (unpaired) electrons. The lowest BCUT2D eigenvalue weighted by molar-refractivity contribution is -0.121. The highest BCUT2D eigenvalue weighted by atomic mass is 16.7. The fourth-order valence-electron chi connectivity index (χ4n) is 3.42. The molecule has 0 bridgehead atoms. The Labute approximate surface area is 175 Å². The minimum absolute atomic E-state index is 0.0560. The number of carbonyl (C=O) groups is 3. The second-order valence-corrected chi connectivity index (χ2v) is 6.99. The number of rotatable bonds is 5. The lowest BCUT2D eigenvalue weighted by atomic mass is 10.1. The van der Waals surface area contributed by atoms with Crippen LogP contribution in [0.2, 0.25) is 0 Å². The first-order valence-corrected chi connectivity index (χ1v) is 9.55. The summed E-state index contributed by atoms with van der Waals surface area (Å²) in [5.74, 6) is 0.581. The molecule has 0 atom stereocenters. The Morgan fingerprint density at radius 3 is 2.65 bits per heavy atom. The van der Waals surface area contributed by atoms with Gasteiger partial charge in [-0.25, -0.2) is 0 Å². The lowest BCUT2D eigenvalue weighted by Crippen LogP contribution is -2.28. The first-order valence-electron chi connectivity index (χ1n) is 9.55. The zero-order valence-corrected chi connectivity index (χ0v) is 16.2. The average molecular weight is 420 g/mol. The lowest BCUT2D eigenvalue weighted by Gasteiger charge is -2.14. The number of ether oxygens (including phenoxy) is 2. The van der Waals surface area contributed by atoms with E-state index >= 15 is 0 Å². The normalized spacial score (nSPS) is 14.9. The molecule has 0 unspecified atom stereocenters. The number of carbonyl (C=O) groups excluding carboxylic acids is 3. The fraction of sp³-hybridized carbons (Fsp3) is 0.190. The molecule has 10 nitrogen and oxygen atoms in total. The third-order valence-corrected chi connectivity index (χ3v) is 4.90. The SMILES string of the molecule is O=C(Nc1nnc(Cc2ccc3c(c2)OCO3)o1)c1cccc(N2C(=O)CCC2=O)c1. The van der Waals surface area contributed by atoms with Crippen LogP contribution in [0.3, 0.4) is 0 Å². The van der Waals surface area contributed by atoms with Crippen LogP contribution in [0.5, 0.6) is 11.5 Å². The minimum Gasteiger partial charge on any atom is -0.454 e. The number of imide groups is 1. The number of hydrogen-bond donors (Lipinski definition) is 1. The molecule has 3 heterocycles. The number of amides is 3. The van der Waals surface area contributed by atoms with Crippen LogP contribution in [-0.4, -0.2) is 34.7 Å². The molecule has 10 heteroatoms. The van der Waals surface area contributed by atoms with E-state index in [1.54, 1.807) is 24.3 Å². The van der Waals surface area contributed by atoms with Gasteiger partial charge in [-0.1, -0.05) is 17.2 Å². The third kappa shape index (κ3) is 3.70. The van der Waals surface area contributed by atoms with Crippen molar-refractivity contribution in [2.75, 3.05) is 17.0 Å². The molecule has 2 aromatic carbocycles. The van der Waals surface area contributed by atoms with Crippen molar-refractivity contribution in [2.24, 2.45) is 0 Å². The monoisotopic (exact) mass is 420 g/mol. The number of nitrogens with zero attached hydrogens (tertiary/aromatic N) is 3. The molecule has 2 aliphatic rings. The topological polar surface area (TPSA) is 124 Å². The van der Waals surface area contributed by atoms with E-state index in [4.69, 9.17) is 13.9 Å². The zero-order valence-electron chi connectivity index (χ0n) is 16.2.